The zero-order valence-electron chi connectivity index (χ0n) is 14.3. The van der Waals surface area contributed by atoms with E-state index in [1.54, 1.807) is 0 Å². The summed E-state index contributed by atoms with van der Waals surface area (Å²) in [6.45, 7) is 6.74. The third-order valence-corrected chi connectivity index (χ3v) is 4.04. The average molecular weight is 322 g/mol. The minimum atomic E-state index is -0.299. The Morgan fingerprint density at radius 2 is 1.75 bits per heavy atom. The quantitative estimate of drug-likeness (QED) is 0.625. The van der Waals surface area contributed by atoms with Crippen LogP contribution in [0.1, 0.15) is 42.5 Å². The van der Waals surface area contributed by atoms with Gasteiger partial charge in [-0.25, -0.2) is 4.79 Å². The Balaban J connectivity index is 1.57. The van der Waals surface area contributed by atoms with Crippen LogP contribution in [0.25, 0.3) is 11.0 Å². The van der Waals surface area contributed by atoms with Gasteiger partial charge in [0.05, 0.1) is 12.2 Å². The molecular weight excluding hydrogens is 300 g/mol. The van der Waals surface area contributed by atoms with Crippen LogP contribution in [0.15, 0.2) is 59.0 Å². The number of rotatable bonds is 4. The van der Waals surface area contributed by atoms with E-state index in [2.05, 4.69) is 20.8 Å². The van der Waals surface area contributed by atoms with E-state index < -0.39 is 0 Å². The van der Waals surface area contributed by atoms with Gasteiger partial charge in [0, 0.05) is 11.8 Å². The second-order valence-electron chi connectivity index (χ2n) is 6.96. The Kier molecular flexibility index (Phi) is 4.43. The number of esters is 1. The smallest absolute Gasteiger partial charge is 0.338 e. The summed E-state index contributed by atoms with van der Waals surface area (Å²) in [5, 5.41) is 1.07. The molecule has 0 aliphatic rings. The molecule has 0 aliphatic heterocycles. The third-order valence-electron chi connectivity index (χ3n) is 4.04. The van der Waals surface area contributed by atoms with Crippen LogP contribution in [0.5, 0.6) is 0 Å². The maximum atomic E-state index is 12.1. The van der Waals surface area contributed by atoms with Crippen molar-refractivity contribution in [3.63, 3.8) is 0 Å². The minimum absolute atomic E-state index is 0.0731. The maximum absolute atomic E-state index is 12.1. The second kappa shape index (κ2) is 6.52. The van der Waals surface area contributed by atoms with E-state index in [4.69, 9.17) is 9.15 Å². The van der Waals surface area contributed by atoms with Gasteiger partial charge in [0.25, 0.3) is 0 Å². The Labute approximate surface area is 142 Å². The van der Waals surface area contributed by atoms with Crippen molar-refractivity contribution in [1.29, 1.82) is 0 Å². The number of benzene rings is 2. The van der Waals surface area contributed by atoms with Crippen LogP contribution in [0.2, 0.25) is 0 Å². The van der Waals surface area contributed by atoms with Crippen molar-refractivity contribution in [2.24, 2.45) is 0 Å². The standard InChI is InChI=1S/C21H22O3/c1-21(2,3)17-10-8-15(9-11-17)20(22)23-13-12-18-14-16-6-4-5-7-19(16)24-18/h4-11,14H,12-13H2,1-3H3. The predicted octanol–water partition coefficient (Wildman–Crippen LogP) is 5.13. The van der Waals surface area contributed by atoms with Crippen molar-refractivity contribution >= 4 is 16.9 Å². The van der Waals surface area contributed by atoms with Gasteiger partial charge in [0.1, 0.15) is 11.3 Å². The summed E-state index contributed by atoms with van der Waals surface area (Å²) in [6.07, 6.45) is 0.570. The SMILES string of the molecule is CC(C)(C)c1ccc(C(=O)OCCc2cc3ccccc3o2)cc1. The first kappa shape index (κ1) is 16.3. The first-order valence-electron chi connectivity index (χ1n) is 8.18. The normalized spacial score (nSPS) is 11.6. The van der Waals surface area contributed by atoms with Crippen molar-refractivity contribution in [2.75, 3.05) is 6.61 Å². The lowest BCUT2D eigenvalue weighted by Crippen LogP contribution is -2.12. The number of ether oxygens (including phenoxy) is 1. The molecule has 3 rings (SSSR count). The van der Waals surface area contributed by atoms with Crippen molar-refractivity contribution < 1.29 is 13.9 Å². The summed E-state index contributed by atoms with van der Waals surface area (Å²) in [5.74, 6) is 0.527. The van der Waals surface area contributed by atoms with E-state index in [9.17, 15) is 4.79 Å². The summed E-state index contributed by atoms with van der Waals surface area (Å²) in [7, 11) is 0. The van der Waals surface area contributed by atoms with Gasteiger partial charge in [-0.3, -0.25) is 0 Å². The topological polar surface area (TPSA) is 39.4 Å². The Morgan fingerprint density at radius 3 is 2.42 bits per heavy atom. The molecule has 0 fully saturated rings. The molecule has 0 N–H and O–H groups in total. The van der Waals surface area contributed by atoms with E-state index in [-0.39, 0.29) is 11.4 Å². The third kappa shape index (κ3) is 3.67. The first-order valence-corrected chi connectivity index (χ1v) is 8.18. The van der Waals surface area contributed by atoms with Crippen LogP contribution in [0, 0.1) is 0 Å². The van der Waals surface area contributed by atoms with Crippen LogP contribution in [-0.4, -0.2) is 12.6 Å². The number of furan rings is 1. The largest absolute Gasteiger partial charge is 0.462 e. The zero-order valence-corrected chi connectivity index (χ0v) is 14.3. The zero-order chi connectivity index (χ0) is 17.2. The number of fused-ring (bicyclic) bond motifs is 1. The van der Waals surface area contributed by atoms with Crippen LogP contribution >= 0.6 is 0 Å². The number of hydrogen-bond donors (Lipinski definition) is 0. The minimum Gasteiger partial charge on any atom is -0.462 e. The van der Waals surface area contributed by atoms with Gasteiger partial charge in [-0.15, -0.1) is 0 Å². The second-order valence-corrected chi connectivity index (χ2v) is 6.96. The van der Waals surface area contributed by atoms with E-state index in [1.807, 2.05) is 54.6 Å². The molecule has 3 heteroatoms. The molecule has 124 valence electrons. The molecule has 24 heavy (non-hydrogen) atoms. The van der Waals surface area contributed by atoms with Gasteiger partial charge in [-0.2, -0.15) is 0 Å². The molecular formula is C21H22O3. The van der Waals surface area contributed by atoms with E-state index in [1.165, 1.54) is 5.56 Å². The molecule has 0 bridgehead atoms. The molecule has 0 amide bonds. The maximum Gasteiger partial charge on any atom is 0.338 e. The number of para-hydroxylation sites is 1. The van der Waals surface area contributed by atoms with E-state index >= 15 is 0 Å². The molecule has 3 aromatic rings. The number of carbonyl (C=O) groups is 1. The predicted molar refractivity (Wildman–Crippen MR) is 95.3 cm³/mol. The van der Waals surface area contributed by atoms with Gasteiger partial charge < -0.3 is 9.15 Å². The van der Waals surface area contributed by atoms with Crippen LogP contribution in [0.4, 0.5) is 0 Å². The summed E-state index contributed by atoms with van der Waals surface area (Å²) >= 11 is 0. The molecule has 3 nitrogen and oxygen atoms in total. The first-order chi connectivity index (χ1) is 11.4. The summed E-state index contributed by atoms with van der Waals surface area (Å²) in [5.41, 5.74) is 2.70. The molecule has 2 aromatic carbocycles. The molecule has 1 heterocycles. The highest BCUT2D eigenvalue weighted by Gasteiger charge is 2.15. The molecule has 1 aromatic heterocycles. The fraction of sp³-hybridized carbons (Fsp3) is 0.286. The molecule has 0 atom stereocenters. The van der Waals surface area contributed by atoms with Crippen molar-refractivity contribution in [2.45, 2.75) is 32.6 Å². The Morgan fingerprint density at radius 1 is 1.04 bits per heavy atom. The lowest BCUT2D eigenvalue weighted by atomic mass is 9.87. The van der Waals surface area contributed by atoms with Gasteiger partial charge in [-0.1, -0.05) is 51.1 Å². The highest BCUT2D eigenvalue weighted by atomic mass is 16.5. The molecule has 0 saturated heterocycles. The summed E-state index contributed by atoms with van der Waals surface area (Å²) < 4.78 is 11.1. The fourth-order valence-electron chi connectivity index (χ4n) is 2.59. The van der Waals surface area contributed by atoms with Gasteiger partial charge in [0.15, 0.2) is 0 Å². The van der Waals surface area contributed by atoms with E-state index in [0.717, 1.165) is 16.7 Å². The van der Waals surface area contributed by atoms with Crippen molar-refractivity contribution in [1.82, 2.24) is 0 Å². The lowest BCUT2D eigenvalue weighted by molar-refractivity contribution is 0.0505. The van der Waals surface area contributed by atoms with Crippen LogP contribution in [0.3, 0.4) is 0 Å². The lowest BCUT2D eigenvalue weighted by Gasteiger charge is -2.18. The van der Waals surface area contributed by atoms with Crippen LogP contribution < -0.4 is 0 Å². The van der Waals surface area contributed by atoms with Crippen molar-refractivity contribution in [3.8, 4) is 0 Å². The Bertz CT molecular complexity index is 802. The Hall–Kier alpha value is -2.55. The van der Waals surface area contributed by atoms with Gasteiger partial charge in [0.2, 0.25) is 0 Å². The number of hydrogen-bond acceptors (Lipinski definition) is 3. The highest BCUT2D eigenvalue weighted by molar-refractivity contribution is 5.89. The summed E-state index contributed by atoms with van der Waals surface area (Å²) in [4.78, 5) is 12.1. The molecule has 0 aliphatic carbocycles. The average Bonchev–Trinajstić information content (AvgIpc) is 2.96. The van der Waals surface area contributed by atoms with Crippen LogP contribution in [-0.2, 0) is 16.6 Å². The van der Waals surface area contributed by atoms with Crippen molar-refractivity contribution in [3.05, 3.63) is 71.5 Å². The molecule has 0 radical (unpaired) electrons. The molecule has 0 spiro atoms. The fourth-order valence-corrected chi connectivity index (χ4v) is 2.59. The van der Waals surface area contributed by atoms with E-state index in [0.29, 0.717) is 18.6 Å². The monoisotopic (exact) mass is 322 g/mol. The summed E-state index contributed by atoms with van der Waals surface area (Å²) in [6, 6.07) is 17.5. The van der Waals surface area contributed by atoms with Gasteiger partial charge >= 0.3 is 5.97 Å². The molecule has 0 saturated carbocycles. The number of carbonyl (C=O) groups excluding carboxylic acids is 1. The van der Waals surface area contributed by atoms with Gasteiger partial charge in [-0.05, 0) is 35.2 Å². The molecule has 0 unspecified atom stereocenters. The highest BCUT2D eigenvalue weighted by Crippen LogP contribution is 2.22.